The van der Waals surface area contributed by atoms with Crippen LogP contribution in [0.2, 0.25) is 0 Å². The Labute approximate surface area is 320 Å². The smallest absolute Gasteiger partial charge is 0.164 e. The molecule has 0 N–H and O–H groups in total. The third-order valence-electron chi connectivity index (χ3n) is 13.1. The van der Waals surface area contributed by atoms with E-state index < -0.39 is 0 Å². The highest BCUT2D eigenvalue weighted by Gasteiger charge is 2.61. The van der Waals surface area contributed by atoms with Crippen molar-refractivity contribution in [1.82, 2.24) is 15.0 Å². The minimum atomic E-state index is -0.0573. The SMILES string of the molecule is c1ccc(-c2nc(-c3ccc(N4c5ccccc5Oc5ccccc54)cc3)nc(-c3ccc4c(c3)C3(c5ccccc5O4)C4CC5CC(C4)CC3C5)n2)cc1. The van der Waals surface area contributed by atoms with Crippen molar-refractivity contribution in [1.29, 1.82) is 0 Å². The molecule has 0 unspecified atom stereocenters. The summed E-state index contributed by atoms with van der Waals surface area (Å²) in [7, 11) is 0. The van der Waals surface area contributed by atoms with E-state index in [2.05, 4.69) is 95.9 Å². The van der Waals surface area contributed by atoms with Gasteiger partial charge in [0.25, 0.3) is 0 Å². The highest BCUT2D eigenvalue weighted by atomic mass is 16.5. The predicted octanol–water partition coefficient (Wildman–Crippen LogP) is 12.3. The lowest BCUT2D eigenvalue weighted by molar-refractivity contribution is -0.0452. The maximum Gasteiger partial charge on any atom is 0.164 e. The normalized spacial score (nSPS) is 23.6. The summed E-state index contributed by atoms with van der Waals surface area (Å²) in [5.41, 5.74) is 8.53. The first-order chi connectivity index (χ1) is 27.2. The lowest BCUT2D eigenvalue weighted by atomic mass is 9.42. The number of benzene rings is 6. The quantitative estimate of drug-likeness (QED) is 0.181. The summed E-state index contributed by atoms with van der Waals surface area (Å²) < 4.78 is 13.0. The molecule has 0 radical (unpaired) electrons. The maximum absolute atomic E-state index is 6.73. The molecule has 4 fully saturated rings. The molecule has 4 bridgehead atoms. The third-order valence-corrected chi connectivity index (χ3v) is 13.1. The van der Waals surface area contributed by atoms with E-state index in [1.807, 2.05) is 54.6 Å². The minimum Gasteiger partial charge on any atom is -0.457 e. The monoisotopic (exact) mass is 714 g/mol. The Balaban J connectivity index is 0.985. The van der Waals surface area contributed by atoms with Crippen molar-refractivity contribution in [3.05, 3.63) is 157 Å². The lowest BCUT2D eigenvalue weighted by Gasteiger charge is -2.63. The van der Waals surface area contributed by atoms with Gasteiger partial charge in [0.1, 0.15) is 11.5 Å². The van der Waals surface area contributed by atoms with Gasteiger partial charge in [-0.25, -0.2) is 15.0 Å². The summed E-state index contributed by atoms with van der Waals surface area (Å²) in [6.45, 7) is 0. The Bertz CT molecular complexity index is 2560. The van der Waals surface area contributed by atoms with Gasteiger partial charge < -0.3 is 14.4 Å². The van der Waals surface area contributed by atoms with Crippen LogP contribution in [0.15, 0.2) is 146 Å². The molecule has 4 aliphatic carbocycles. The Morgan fingerprint density at radius 3 is 1.58 bits per heavy atom. The van der Waals surface area contributed by atoms with Crippen molar-refractivity contribution in [3.8, 4) is 57.2 Å². The maximum atomic E-state index is 6.73. The first kappa shape index (κ1) is 31.1. The van der Waals surface area contributed by atoms with Gasteiger partial charge in [-0.3, -0.25) is 0 Å². The zero-order valence-corrected chi connectivity index (χ0v) is 30.3. The van der Waals surface area contributed by atoms with Gasteiger partial charge in [0.2, 0.25) is 0 Å². The van der Waals surface area contributed by atoms with Gasteiger partial charge in [0.15, 0.2) is 29.0 Å². The lowest BCUT2D eigenvalue weighted by Crippen LogP contribution is -2.56. The number of para-hydroxylation sites is 5. The van der Waals surface area contributed by atoms with Crippen LogP contribution in [-0.4, -0.2) is 15.0 Å². The summed E-state index contributed by atoms with van der Waals surface area (Å²) in [6.07, 6.45) is 6.62. The number of hydrogen-bond donors (Lipinski definition) is 0. The molecule has 13 rings (SSSR count). The highest BCUT2D eigenvalue weighted by Crippen LogP contribution is 2.69. The first-order valence-corrected chi connectivity index (χ1v) is 19.7. The van der Waals surface area contributed by atoms with Crippen LogP contribution < -0.4 is 14.4 Å². The van der Waals surface area contributed by atoms with E-state index in [0.717, 1.165) is 68.6 Å². The van der Waals surface area contributed by atoms with E-state index in [-0.39, 0.29) is 5.41 Å². The molecule has 7 aromatic rings. The van der Waals surface area contributed by atoms with Gasteiger partial charge in [0.05, 0.1) is 11.4 Å². The number of nitrogens with zero attached hydrogens (tertiary/aromatic N) is 4. The number of fused-ring (bicyclic) bond motifs is 4. The summed E-state index contributed by atoms with van der Waals surface area (Å²) >= 11 is 0. The van der Waals surface area contributed by atoms with Crippen LogP contribution in [0.25, 0.3) is 34.2 Å². The fraction of sp³-hybridized carbons (Fsp3) is 0.204. The topological polar surface area (TPSA) is 60.4 Å². The molecule has 266 valence electrons. The fourth-order valence-corrected chi connectivity index (χ4v) is 11.1. The second kappa shape index (κ2) is 11.9. The molecule has 0 saturated heterocycles. The van der Waals surface area contributed by atoms with E-state index in [1.54, 1.807) is 0 Å². The molecular weight excluding hydrogens is 677 g/mol. The van der Waals surface area contributed by atoms with E-state index in [0.29, 0.717) is 29.3 Å². The number of anilines is 3. The van der Waals surface area contributed by atoms with Gasteiger partial charge in [-0.05, 0) is 129 Å². The Kier molecular flexibility index (Phi) is 6.71. The zero-order valence-electron chi connectivity index (χ0n) is 30.3. The average Bonchev–Trinajstić information content (AvgIpc) is 3.24. The van der Waals surface area contributed by atoms with Crippen molar-refractivity contribution in [2.24, 2.45) is 23.7 Å². The summed E-state index contributed by atoms with van der Waals surface area (Å²) in [5.74, 6) is 8.56. The number of ether oxygens (including phenoxy) is 2. The number of rotatable bonds is 4. The molecule has 1 spiro atoms. The van der Waals surface area contributed by atoms with E-state index in [1.165, 1.54) is 43.2 Å². The van der Waals surface area contributed by atoms with Crippen molar-refractivity contribution >= 4 is 17.1 Å². The zero-order chi connectivity index (χ0) is 36.1. The number of aromatic nitrogens is 3. The molecule has 6 aromatic carbocycles. The second-order valence-electron chi connectivity index (χ2n) is 16.1. The Morgan fingerprint density at radius 1 is 0.436 bits per heavy atom. The van der Waals surface area contributed by atoms with Crippen LogP contribution in [0.3, 0.4) is 0 Å². The van der Waals surface area contributed by atoms with Crippen molar-refractivity contribution in [3.63, 3.8) is 0 Å². The number of hydrogen-bond acceptors (Lipinski definition) is 6. The van der Waals surface area contributed by atoms with Crippen molar-refractivity contribution < 1.29 is 9.47 Å². The first-order valence-electron chi connectivity index (χ1n) is 19.7. The van der Waals surface area contributed by atoms with Crippen molar-refractivity contribution in [2.45, 2.75) is 37.5 Å². The standard InChI is InChI=1S/C49H38N4O2/c1-2-10-32(11-3-1)46-50-47(33-18-21-37(22-19-33)53-40-13-5-8-16-44(40)55-45-17-9-6-14-41(45)53)52-48(51-46)34-20-23-43-39(29-34)49(38-12-4-7-15-42(38)54-43)35-25-30-24-31(27-35)28-36(49)26-30/h1-23,29-31,35-36H,24-28H2. The van der Waals surface area contributed by atoms with Crippen molar-refractivity contribution in [2.75, 3.05) is 4.90 Å². The third kappa shape index (κ3) is 4.70. The van der Waals surface area contributed by atoms with Gasteiger partial charge in [-0.15, -0.1) is 0 Å². The Morgan fingerprint density at radius 2 is 0.927 bits per heavy atom. The predicted molar refractivity (Wildman–Crippen MR) is 215 cm³/mol. The van der Waals surface area contributed by atoms with E-state index >= 15 is 0 Å². The minimum absolute atomic E-state index is 0.0573. The Hall–Kier alpha value is -6.27. The summed E-state index contributed by atoms with van der Waals surface area (Å²) in [4.78, 5) is 17.8. The molecule has 3 heterocycles. The molecule has 4 saturated carbocycles. The molecule has 55 heavy (non-hydrogen) atoms. The van der Waals surface area contributed by atoms with Gasteiger partial charge in [-0.1, -0.05) is 72.8 Å². The van der Waals surface area contributed by atoms with E-state index in [4.69, 9.17) is 24.4 Å². The van der Waals surface area contributed by atoms with Crippen LogP contribution in [0.4, 0.5) is 17.1 Å². The molecular formula is C49H38N4O2. The van der Waals surface area contributed by atoms with Crippen LogP contribution in [0.5, 0.6) is 23.0 Å². The highest BCUT2D eigenvalue weighted by molar-refractivity contribution is 5.86. The molecule has 1 aromatic heterocycles. The van der Waals surface area contributed by atoms with Gasteiger partial charge >= 0.3 is 0 Å². The fourth-order valence-electron chi connectivity index (χ4n) is 11.1. The molecule has 0 atom stereocenters. The van der Waals surface area contributed by atoms with Gasteiger partial charge in [-0.2, -0.15) is 0 Å². The van der Waals surface area contributed by atoms with Gasteiger partial charge in [0, 0.05) is 38.9 Å². The van der Waals surface area contributed by atoms with Crippen LogP contribution in [0, 0.1) is 23.7 Å². The second-order valence-corrected chi connectivity index (χ2v) is 16.1. The molecule has 2 aliphatic heterocycles. The largest absolute Gasteiger partial charge is 0.457 e. The molecule has 6 aliphatic rings. The molecule has 0 amide bonds. The molecule has 6 heteroatoms. The van der Waals surface area contributed by atoms with Crippen LogP contribution in [-0.2, 0) is 5.41 Å². The van der Waals surface area contributed by atoms with Crippen LogP contribution in [0.1, 0.15) is 43.2 Å². The summed E-state index contributed by atoms with van der Waals surface area (Å²) in [5, 5.41) is 0. The summed E-state index contributed by atoms with van der Waals surface area (Å²) in [6, 6.07) is 50.6. The average molecular weight is 715 g/mol. The van der Waals surface area contributed by atoms with E-state index in [9.17, 15) is 0 Å². The van der Waals surface area contributed by atoms with Crippen LogP contribution >= 0.6 is 0 Å². The molecule has 6 nitrogen and oxygen atoms in total.